The molecule has 0 radical (unpaired) electrons. The van der Waals surface area contributed by atoms with Crippen molar-refractivity contribution in [1.29, 1.82) is 0 Å². The second-order valence-corrected chi connectivity index (χ2v) is 4.99. The van der Waals surface area contributed by atoms with Gasteiger partial charge in [-0.15, -0.1) is 0 Å². The molecule has 0 aliphatic carbocycles. The molecule has 0 aliphatic rings. The van der Waals surface area contributed by atoms with Gasteiger partial charge in [-0.25, -0.2) is 26.7 Å². The van der Waals surface area contributed by atoms with Crippen molar-refractivity contribution in [3.05, 3.63) is 23.8 Å². The van der Waals surface area contributed by atoms with E-state index in [9.17, 15) is 27.1 Å². The van der Waals surface area contributed by atoms with E-state index in [2.05, 4.69) is 0 Å². The Bertz CT molecular complexity index is 558. The number of phenols is 1. The Morgan fingerprint density at radius 2 is 2.00 bits per heavy atom. The van der Waals surface area contributed by atoms with Gasteiger partial charge in [-0.3, -0.25) is 0 Å². The molecular formula is C9H9F2NO5S. The molecular weight excluding hydrogens is 272 g/mol. The van der Waals surface area contributed by atoms with Crippen LogP contribution in [0.3, 0.4) is 0 Å². The molecule has 1 aromatic carbocycles. The Kier molecular flexibility index (Phi) is 4.19. The van der Waals surface area contributed by atoms with Gasteiger partial charge >= 0.3 is 5.97 Å². The quantitative estimate of drug-likeness (QED) is 0.734. The maximum absolute atomic E-state index is 11.9. The maximum atomic E-state index is 11.9. The van der Waals surface area contributed by atoms with Crippen LogP contribution in [0.4, 0.5) is 8.78 Å². The summed E-state index contributed by atoms with van der Waals surface area (Å²) in [6.45, 7) is -1.08. The van der Waals surface area contributed by atoms with Crippen LogP contribution in [0.5, 0.6) is 5.75 Å². The first kappa shape index (κ1) is 14.3. The lowest BCUT2D eigenvalue weighted by molar-refractivity contribution is 0.0693. The van der Waals surface area contributed by atoms with Crippen LogP contribution < -0.4 is 4.72 Å². The molecule has 0 amide bonds. The van der Waals surface area contributed by atoms with Crippen LogP contribution in [0.1, 0.15) is 10.4 Å². The molecule has 0 spiro atoms. The van der Waals surface area contributed by atoms with Crippen LogP contribution in [-0.4, -0.2) is 37.6 Å². The van der Waals surface area contributed by atoms with Gasteiger partial charge in [-0.05, 0) is 18.2 Å². The fourth-order valence-corrected chi connectivity index (χ4v) is 2.14. The molecule has 1 aromatic rings. The van der Waals surface area contributed by atoms with Gasteiger partial charge in [0.05, 0.1) is 11.4 Å². The topological polar surface area (TPSA) is 104 Å². The highest BCUT2D eigenvalue weighted by atomic mass is 32.2. The number of hydrogen-bond acceptors (Lipinski definition) is 4. The smallest absolute Gasteiger partial charge is 0.339 e. The average Bonchev–Trinajstić information content (AvgIpc) is 2.26. The summed E-state index contributed by atoms with van der Waals surface area (Å²) in [5, 5.41) is 17.9. The number of nitrogens with one attached hydrogen (secondary N) is 1. The number of aromatic carboxylic acids is 1. The molecule has 0 fully saturated rings. The number of carboxylic acids is 1. The molecule has 0 saturated carbocycles. The van der Waals surface area contributed by atoms with Gasteiger partial charge in [0.2, 0.25) is 10.0 Å². The summed E-state index contributed by atoms with van der Waals surface area (Å²) < 4.78 is 48.4. The molecule has 100 valence electrons. The van der Waals surface area contributed by atoms with E-state index < -0.39 is 45.2 Å². The van der Waals surface area contributed by atoms with Crippen LogP contribution >= 0.6 is 0 Å². The first-order valence-electron chi connectivity index (χ1n) is 4.58. The Morgan fingerprint density at radius 3 is 2.50 bits per heavy atom. The molecule has 0 aromatic heterocycles. The predicted molar refractivity (Wildman–Crippen MR) is 56.3 cm³/mol. The van der Waals surface area contributed by atoms with Crippen LogP contribution in [0.25, 0.3) is 0 Å². The Balaban J connectivity index is 3.10. The summed E-state index contributed by atoms with van der Waals surface area (Å²) >= 11 is 0. The molecule has 3 N–H and O–H groups in total. The highest BCUT2D eigenvalue weighted by Crippen LogP contribution is 2.21. The van der Waals surface area contributed by atoms with Gasteiger partial charge in [0.15, 0.2) is 0 Å². The Hall–Kier alpha value is -1.74. The minimum atomic E-state index is -4.23. The summed E-state index contributed by atoms with van der Waals surface area (Å²) in [6, 6.07) is 2.46. The van der Waals surface area contributed by atoms with Crippen LogP contribution in [0, 0.1) is 0 Å². The van der Waals surface area contributed by atoms with Crippen molar-refractivity contribution in [2.24, 2.45) is 0 Å². The number of aromatic hydroxyl groups is 1. The number of alkyl halides is 2. The van der Waals surface area contributed by atoms with Crippen molar-refractivity contribution in [1.82, 2.24) is 4.72 Å². The standard InChI is InChI=1S/C9H9F2NO5S/c10-8(11)4-12-18(16,17)5-1-2-7(13)6(3-5)9(14)15/h1-3,8,12-13H,4H2,(H,14,15). The first-order chi connectivity index (χ1) is 8.24. The molecule has 1 rings (SSSR count). The number of carboxylic acid groups (broad SMARTS) is 1. The fraction of sp³-hybridized carbons (Fsp3) is 0.222. The van der Waals surface area contributed by atoms with E-state index in [1.54, 1.807) is 4.72 Å². The maximum Gasteiger partial charge on any atom is 0.339 e. The number of carbonyl (C=O) groups is 1. The lowest BCUT2D eigenvalue weighted by atomic mass is 10.2. The van der Waals surface area contributed by atoms with E-state index in [4.69, 9.17) is 5.11 Å². The van der Waals surface area contributed by atoms with Crippen molar-refractivity contribution >= 4 is 16.0 Å². The Morgan fingerprint density at radius 1 is 1.39 bits per heavy atom. The van der Waals surface area contributed by atoms with Crippen molar-refractivity contribution in [3.8, 4) is 5.75 Å². The number of hydrogen-bond donors (Lipinski definition) is 3. The zero-order valence-corrected chi connectivity index (χ0v) is 9.62. The van der Waals surface area contributed by atoms with Gasteiger partial charge in [0.1, 0.15) is 11.3 Å². The fourth-order valence-electron chi connectivity index (χ4n) is 1.11. The predicted octanol–water partition coefficient (Wildman–Crippen LogP) is 0.634. The van der Waals surface area contributed by atoms with E-state index in [0.717, 1.165) is 12.1 Å². The van der Waals surface area contributed by atoms with Gasteiger partial charge < -0.3 is 10.2 Å². The van der Waals surface area contributed by atoms with Gasteiger partial charge in [-0.1, -0.05) is 0 Å². The number of benzene rings is 1. The van der Waals surface area contributed by atoms with Crippen molar-refractivity contribution < 1.29 is 32.2 Å². The number of sulfonamides is 1. The molecule has 18 heavy (non-hydrogen) atoms. The molecule has 0 bridgehead atoms. The largest absolute Gasteiger partial charge is 0.507 e. The lowest BCUT2D eigenvalue weighted by Gasteiger charge is -2.07. The van der Waals surface area contributed by atoms with E-state index in [1.807, 2.05) is 0 Å². The van der Waals surface area contributed by atoms with Crippen LogP contribution in [0.15, 0.2) is 23.1 Å². The first-order valence-corrected chi connectivity index (χ1v) is 6.06. The van der Waals surface area contributed by atoms with E-state index in [0.29, 0.717) is 6.07 Å². The summed E-state index contributed by atoms with van der Waals surface area (Å²) in [4.78, 5) is 10.2. The van der Waals surface area contributed by atoms with E-state index in [-0.39, 0.29) is 0 Å². The summed E-state index contributed by atoms with van der Waals surface area (Å²) in [7, 11) is -4.23. The molecule has 0 heterocycles. The normalized spacial score (nSPS) is 11.7. The molecule has 6 nitrogen and oxygen atoms in total. The second-order valence-electron chi connectivity index (χ2n) is 3.23. The third-order valence-corrected chi connectivity index (χ3v) is 3.36. The average molecular weight is 281 g/mol. The summed E-state index contributed by atoms with van der Waals surface area (Å²) in [5.41, 5.74) is -0.630. The zero-order chi connectivity index (χ0) is 13.9. The Labute approximate surface area is 101 Å². The second kappa shape index (κ2) is 5.27. The SMILES string of the molecule is O=C(O)c1cc(S(=O)(=O)NCC(F)F)ccc1O. The van der Waals surface area contributed by atoms with Crippen molar-refractivity contribution in [2.45, 2.75) is 11.3 Å². The van der Waals surface area contributed by atoms with E-state index >= 15 is 0 Å². The van der Waals surface area contributed by atoms with Crippen molar-refractivity contribution in [2.75, 3.05) is 6.54 Å². The third-order valence-electron chi connectivity index (χ3n) is 1.94. The lowest BCUT2D eigenvalue weighted by Crippen LogP contribution is -2.28. The van der Waals surface area contributed by atoms with Crippen LogP contribution in [-0.2, 0) is 10.0 Å². The monoisotopic (exact) mass is 281 g/mol. The van der Waals surface area contributed by atoms with Crippen molar-refractivity contribution in [3.63, 3.8) is 0 Å². The van der Waals surface area contributed by atoms with Crippen LogP contribution in [0.2, 0.25) is 0 Å². The highest BCUT2D eigenvalue weighted by Gasteiger charge is 2.19. The minimum Gasteiger partial charge on any atom is -0.507 e. The minimum absolute atomic E-state index is 0.515. The molecule has 9 heteroatoms. The summed E-state index contributed by atoms with van der Waals surface area (Å²) in [6.07, 6.45) is -2.86. The molecule has 0 atom stereocenters. The number of halogens is 2. The molecule has 0 aliphatic heterocycles. The third kappa shape index (κ3) is 3.37. The van der Waals surface area contributed by atoms with Gasteiger partial charge in [0, 0.05) is 0 Å². The molecule has 0 unspecified atom stereocenters. The van der Waals surface area contributed by atoms with Gasteiger partial charge in [-0.2, -0.15) is 0 Å². The highest BCUT2D eigenvalue weighted by molar-refractivity contribution is 7.89. The molecule has 0 saturated heterocycles. The zero-order valence-electron chi connectivity index (χ0n) is 8.80. The summed E-state index contributed by atoms with van der Waals surface area (Å²) in [5.74, 6) is -2.14. The number of rotatable bonds is 5. The van der Waals surface area contributed by atoms with E-state index in [1.165, 1.54) is 0 Å². The van der Waals surface area contributed by atoms with Gasteiger partial charge in [0.25, 0.3) is 6.43 Å².